The average Bonchev–Trinajstić information content (AvgIpc) is 3.00. The number of hydrogen-bond donors (Lipinski definition) is 1. The first-order valence-electron chi connectivity index (χ1n) is 10.7. The summed E-state index contributed by atoms with van der Waals surface area (Å²) in [5, 5.41) is 3.16. The molecule has 0 spiro atoms. The Hall–Kier alpha value is -3.93. The Morgan fingerprint density at radius 2 is 1.61 bits per heavy atom. The monoisotopic (exact) mass is 443 g/mol. The highest BCUT2D eigenvalue weighted by atomic mass is 19.1. The summed E-state index contributed by atoms with van der Waals surface area (Å²) in [7, 11) is 3.89. The zero-order valence-electron chi connectivity index (χ0n) is 19.1. The summed E-state index contributed by atoms with van der Waals surface area (Å²) in [5.74, 6) is -1.37. The molecule has 0 radical (unpaired) electrons. The van der Waals surface area contributed by atoms with Gasteiger partial charge in [0, 0.05) is 31.0 Å². The van der Waals surface area contributed by atoms with E-state index in [1.54, 1.807) is 18.2 Å². The summed E-state index contributed by atoms with van der Waals surface area (Å²) in [6, 6.07) is 19.5. The number of benzene rings is 3. The molecule has 0 aromatic heterocycles. The number of carbonyl (C=O) groups is 2. The van der Waals surface area contributed by atoms with Crippen molar-refractivity contribution in [2.24, 2.45) is 0 Å². The molecule has 2 amide bonds. The smallest absolute Gasteiger partial charge is 0.278 e. The first-order chi connectivity index (χ1) is 15.8. The number of amides is 2. The maximum Gasteiger partial charge on any atom is 0.278 e. The second-order valence-electron chi connectivity index (χ2n) is 8.42. The maximum atomic E-state index is 14.3. The van der Waals surface area contributed by atoms with Gasteiger partial charge in [0.1, 0.15) is 11.5 Å². The van der Waals surface area contributed by atoms with Gasteiger partial charge in [-0.1, -0.05) is 42.0 Å². The molecule has 5 nitrogen and oxygen atoms in total. The van der Waals surface area contributed by atoms with Crippen molar-refractivity contribution in [1.29, 1.82) is 0 Å². The Balaban J connectivity index is 1.76. The van der Waals surface area contributed by atoms with Crippen molar-refractivity contribution in [3.63, 3.8) is 0 Å². The van der Waals surface area contributed by atoms with Crippen LogP contribution in [0.5, 0.6) is 0 Å². The van der Waals surface area contributed by atoms with Crippen molar-refractivity contribution in [2.45, 2.75) is 20.4 Å². The lowest BCUT2D eigenvalue weighted by Gasteiger charge is -2.16. The standard InChI is InChI=1S/C27H26FN3O2/c1-17-9-14-22(18(2)15-17)24-25(29-20-10-12-21(13-11-20)30(3)4)27(33)31(26(24)32)16-19-7-5-6-8-23(19)28/h5-15,29H,16H2,1-4H3. The van der Waals surface area contributed by atoms with E-state index in [0.29, 0.717) is 16.8 Å². The van der Waals surface area contributed by atoms with Crippen LogP contribution in [0, 0.1) is 19.7 Å². The Bertz CT molecular complexity index is 1260. The Labute approximate surface area is 193 Å². The van der Waals surface area contributed by atoms with Crippen LogP contribution in [0.25, 0.3) is 5.57 Å². The summed E-state index contributed by atoms with van der Waals surface area (Å²) < 4.78 is 14.3. The van der Waals surface area contributed by atoms with Crippen LogP contribution in [0.2, 0.25) is 0 Å². The summed E-state index contributed by atoms with van der Waals surface area (Å²) in [5.41, 5.74) is 5.11. The van der Waals surface area contributed by atoms with Crippen LogP contribution in [0.4, 0.5) is 15.8 Å². The molecule has 33 heavy (non-hydrogen) atoms. The van der Waals surface area contributed by atoms with Crippen molar-refractivity contribution in [3.8, 4) is 0 Å². The van der Waals surface area contributed by atoms with E-state index in [4.69, 9.17) is 0 Å². The number of carbonyl (C=O) groups excluding carboxylic acids is 2. The third-order valence-electron chi connectivity index (χ3n) is 5.76. The molecular formula is C27H26FN3O2. The van der Waals surface area contributed by atoms with Gasteiger partial charge in [-0.2, -0.15) is 0 Å². The number of halogens is 1. The summed E-state index contributed by atoms with van der Waals surface area (Å²) in [4.78, 5) is 30.0. The van der Waals surface area contributed by atoms with Gasteiger partial charge in [-0.15, -0.1) is 0 Å². The van der Waals surface area contributed by atoms with E-state index in [9.17, 15) is 14.0 Å². The number of nitrogens with one attached hydrogen (secondary N) is 1. The van der Waals surface area contributed by atoms with Crippen LogP contribution in [-0.2, 0) is 16.1 Å². The molecule has 0 fully saturated rings. The lowest BCUT2D eigenvalue weighted by molar-refractivity contribution is -0.137. The molecule has 0 saturated heterocycles. The maximum absolute atomic E-state index is 14.3. The second-order valence-corrected chi connectivity index (χ2v) is 8.42. The normalized spacial score (nSPS) is 13.7. The van der Waals surface area contributed by atoms with Crippen molar-refractivity contribution in [3.05, 3.63) is 100 Å². The molecule has 6 heteroatoms. The lowest BCUT2D eigenvalue weighted by atomic mass is 9.97. The molecule has 0 aliphatic carbocycles. The van der Waals surface area contributed by atoms with E-state index in [1.165, 1.54) is 6.07 Å². The minimum Gasteiger partial charge on any atom is -0.378 e. The summed E-state index contributed by atoms with van der Waals surface area (Å²) in [6.07, 6.45) is 0. The molecule has 0 saturated carbocycles. The molecule has 1 aliphatic rings. The van der Waals surface area contributed by atoms with E-state index in [1.807, 2.05) is 75.3 Å². The molecule has 1 N–H and O–H groups in total. The van der Waals surface area contributed by atoms with E-state index in [0.717, 1.165) is 21.7 Å². The van der Waals surface area contributed by atoms with Gasteiger partial charge < -0.3 is 10.2 Å². The Kier molecular flexibility index (Phi) is 6.01. The molecule has 1 heterocycles. The molecule has 168 valence electrons. The van der Waals surface area contributed by atoms with Crippen LogP contribution in [-0.4, -0.2) is 30.8 Å². The fourth-order valence-electron chi connectivity index (χ4n) is 3.96. The highest BCUT2D eigenvalue weighted by molar-refractivity contribution is 6.36. The molecule has 0 atom stereocenters. The topological polar surface area (TPSA) is 52.7 Å². The molecule has 1 aliphatic heterocycles. The van der Waals surface area contributed by atoms with Gasteiger partial charge in [0.25, 0.3) is 11.8 Å². The van der Waals surface area contributed by atoms with Gasteiger partial charge in [0.2, 0.25) is 0 Å². The van der Waals surface area contributed by atoms with Gasteiger partial charge in [-0.3, -0.25) is 14.5 Å². The minimum atomic E-state index is -0.477. The molecule has 3 aromatic rings. The third-order valence-corrected chi connectivity index (χ3v) is 5.76. The highest BCUT2D eigenvalue weighted by Crippen LogP contribution is 2.34. The van der Waals surface area contributed by atoms with E-state index in [2.05, 4.69) is 5.32 Å². The predicted octanol–water partition coefficient (Wildman–Crippen LogP) is 4.90. The molecular weight excluding hydrogens is 417 g/mol. The SMILES string of the molecule is Cc1ccc(C2=C(Nc3ccc(N(C)C)cc3)C(=O)N(Cc3ccccc3F)C2=O)c(C)c1. The number of aryl methyl sites for hydroxylation is 2. The van der Waals surface area contributed by atoms with E-state index in [-0.39, 0.29) is 17.8 Å². The van der Waals surface area contributed by atoms with Crippen LogP contribution in [0.3, 0.4) is 0 Å². The number of anilines is 2. The minimum absolute atomic E-state index is 0.135. The molecule has 4 rings (SSSR count). The fraction of sp³-hybridized carbons (Fsp3) is 0.185. The van der Waals surface area contributed by atoms with Gasteiger partial charge >= 0.3 is 0 Å². The third kappa shape index (κ3) is 4.37. The van der Waals surface area contributed by atoms with Gasteiger partial charge in [-0.25, -0.2) is 4.39 Å². The first-order valence-corrected chi connectivity index (χ1v) is 10.7. The number of hydrogen-bond acceptors (Lipinski definition) is 4. The number of rotatable bonds is 6. The largest absolute Gasteiger partial charge is 0.378 e. The van der Waals surface area contributed by atoms with E-state index < -0.39 is 17.6 Å². The van der Waals surface area contributed by atoms with Crippen LogP contribution < -0.4 is 10.2 Å². The van der Waals surface area contributed by atoms with Crippen molar-refractivity contribution >= 4 is 28.8 Å². The number of nitrogens with zero attached hydrogens (tertiary/aromatic N) is 2. The zero-order chi connectivity index (χ0) is 23.7. The number of imide groups is 1. The van der Waals surface area contributed by atoms with Crippen LogP contribution in [0.15, 0.2) is 72.4 Å². The summed E-state index contributed by atoms with van der Waals surface area (Å²) in [6.45, 7) is 3.75. The molecule has 3 aromatic carbocycles. The molecule has 0 bridgehead atoms. The Morgan fingerprint density at radius 3 is 2.24 bits per heavy atom. The Morgan fingerprint density at radius 1 is 0.909 bits per heavy atom. The average molecular weight is 444 g/mol. The fourth-order valence-corrected chi connectivity index (χ4v) is 3.96. The zero-order valence-corrected chi connectivity index (χ0v) is 19.1. The highest BCUT2D eigenvalue weighted by Gasteiger charge is 2.40. The van der Waals surface area contributed by atoms with Crippen molar-refractivity contribution in [2.75, 3.05) is 24.3 Å². The second kappa shape index (κ2) is 8.90. The van der Waals surface area contributed by atoms with Gasteiger partial charge in [-0.05, 0) is 55.3 Å². The van der Waals surface area contributed by atoms with Crippen molar-refractivity contribution < 1.29 is 14.0 Å². The van der Waals surface area contributed by atoms with Crippen LogP contribution >= 0.6 is 0 Å². The summed E-state index contributed by atoms with van der Waals surface area (Å²) >= 11 is 0. The van der Waals surface area contributed by atoms with Gasteiger partial charge in [0.15, 0.2) is 0 Å². The quantitative estimate of drug-likeness (QED) is 0.551. The lowest BCUT2D eigenvalue weighted by Crippen LogP contribution is -2.32. The molecule has 0 unspecified atom stereocenters. The van der Waals surface area contributed by atoms with Crippen LogP contribution in [0.1, 0.15) is 22.3 Å². The van der Waals surface area contributed by atoms with Crippen molar-refractivity contribution in [1.82, 2.24) is 4.90 Å². The van der Waals surface area contributed by atoms with Gasteiger partial charge in [0.05, 0.1) is 12.1 Å². The van der Waals surface area contributed by atoms with E-state index >= 15 is 0 Å². The first kappa shape index (κ1) is 22.3. The predicted molar refractivity (Wildman–Crippen MR) is 129 cm³/mol.